The first-order chi connectivity index (χ1) is 12.5. The standard InChI is InChI=1S/C18H20ClNO6/c1-24-13-8-12(9-14(10-13)26-6-5-21)20-17(18(22)23)15-4-3-11(19)7-16(15)25-2/h3-4,7-10,17,20-21H,5-6H2,1-2H3,(H,22,23). The first-order valence-electron chi connectivity index (χ1n) is 7.74. The van der Waals surface area contributed by atoms with Crippen LogP contribution in [0.25, 0.3) is 0 Å². The van der Waals surface area contributed by atoms with Gasteiger partial charge in [-0.05, 0) is 12.1 Å². The van der Waals surface area contributed by atoms with Crippen LogP contribution in [0.4, 0.5) is 5.69 Å². The molecule has 0 radical (unpaired) electrons. The van der Waals surface area contributed by atoms with Gasteiger partial charge in [0.1, 0.15) is 23.9 Å². The third-order valence-corrected chi connectivity index (χ3v) is 3.78. The van der Waals surface area contributed by atoms with E-state index in [-0.39, 0.29) is 13.2 Å². The number of aliphatic carboxylic acids is 1. The molecule has 140 valence electrons. The molecule has 7 nitrogen and oxygen atoms in total. The van der Waals surface area contributed by atoms with Gasteiger partial charge in [0.15, 0.2) is 6.04 Å². The van der Waals surface area contributed by atoms with Gasteiger partial charge < -0.3 is 29.7 Å². The second kappa shape index (κ2) is 9.17. The number of carboxylic acid groups (broad SMARTS) is 1. The lowest BCUT2D eigenvalue weighted by atomic mass is 10.1. The van der Waals surface area contributed by atoms with Crippen molar-refractivity contribution in [3.05, 3.63) is 47.0 Å². The van der Waals surface area contributed by atoms with Crippen LogP contribution in [0.3, 0.4) is 0 Å². The highest BCUT2D eigenvalue weighted by molar-refractivity contribution is 6.30. The van der Waals surface area contributed by atoms with Crippen LogP contribution >= 0.6 is 11.6 Å². The molecule has 26 heavy (non-hydrogen) atoms. The van der Waals surface area contributed by atoms with Gasteiger partial charge in [-0.3, -0.25) is 0 Å². The Kier molecular flexibility index (Phi) is 6.94. The number of rotatable bonds is 9. The zero-order valence-electron chi connectivity index (χ0n) is 14.4. The first kappa shape index (κ1) is 19.7. The van der Waals surface area contributed by atoms with E-state index in [1.807, 2.05) is 0 Å². The Hall–Kier alpha value is -2.64. The van der Waals surface area contributed by atoms with Crippen molar-refractivity contribution in [2.24, 2.45) is 0 Å². The van der Waals surface area contributed by atoms with Gasteiger partial charge in [0.05, 0.1) is 20.8 Å². The summed E-state index contributed by atoms with van der Waals surface area (Å²) in [5, 5.41) is 21.9. The molecule has 0 aliphatic heterocycles. The molecule has 0 heterocycles. The molecule has 0 amide bonds. The zero-order chi connectivity index (χ0) is 19.1. The molecule has 2 aromatic carbocycles. The molecule has 3 N–H and O–H groups in total. The van der Waals surface area contributed by atoms with Crippen molar-refractivity contribution in [1.82, 2.24) is 0 Å². The third-order valence-electron chi connectivity index (χ3n) is 3.54. The number of ether oxygens (including phenoxy) is 3. The number of anilines is 1. The Balaban J connectivity index is 2.37. The molecular formula is C18H20ClNO6. The maximum atomic E-state index is 11.8. The largest absolute Gasteiger partial charge is 0.497 e. The molecular weight excluding hydrogens is 362 g/mol. The minimum Gasteiger partial charge on any atom is -0.497 e. The van der Waals surface area contributed by atoms with Crippen molar-refractivity contribution in [3.63, 3.8) is 0 Å². The van der Waals surface area contributed by atoms with E-state index in [4.69, 9.17) is 30.9 Å². The lowest BCUT2D eigenvalue weighted by Gasteiger charge is -2.20. The number of aliphatic hydroxyl groups excluding tert-OH is 1. The Bertz CT molecular complexity index is 767. The molecule has 0 fully saturated rings. The van der Waals surface area contributed by atoms with E-state index in [0.717, 1.165) is 0 Å². The minimum atomic E-state index is -1.09. The number of halogens is 1. The Morgan fingerprint density at radius 2 is 1.88 bits per heavy atom. The number of methoxy groups -OCH3 is 2. The first-order valence-corrected chi connectivity index (χ1v) is 8.11. The molecule has 0 aliphatic carbocycles. The summed E-state index contributed by atoms with van der Waals surface area (Å²) >= 11 is 5.95. The summed E-state index contributed by atoms with van der Waals surface area (Å²) in [5.41, 5.74) is 0.895. The van der Waals surface area contributed by atoms with Gasteiger partial charge in [-0.15, -0.1) is 0 Å². The predicted molar refractivity (Wildman–Crippen MR) is 97.6 cm³/mol. The van der Waals surface area contributed by atoms with Crippen LogP contribution in [-0.4, -0.2) is 43.6 Å². The van der Waals surface area contributed by atoms with Crippen molar-refractivity contribution in [3.8, 4) is 17.2 Å². The van der Waals surface area contributed by atoms with Crippen LogP contribution in [-0.2, 0) is 4.79 Å². The van der Waals surface area contributed by atoms with Crippen LogP contribution < -0.4 is 19.5 Å². The van der Waals surface area contributed by atoms with Gasteiger partial charge in [-0.1, -0.05) is 17.7 Å². The van der Waals surface area contributed by atoms with Crippen LogP contribution in [0.15, 0.2) is 36.4 Å². The number of aliphatic hydroxyl groups is 1. The second-order valence-electron chi connectivity index (χ2n) is 5.27. The van der Waals surface area contributed by atoms with Crippen LogP contribution in [0.5, 0.6) is 17.2 Å². The van der Waals surface area contributed by atoms with Gasteiger partial charge >= 0.3 is 5.97 Å². The average Bonchev–Trinajstić information content (AvgIpc) is 2.64. The van der Waals surface area contributed by atoms with Crippen molar-refractivity contribution in [2.75, 3.05) is 32.8 Å². The van der Waals surface area contributed by atoms with E-state index < -0.39 is 12.0 Å². The number of nitrogens with one attached hydrogen (secondary N) is 1. The molecule has 0 saturated heterocycles. The van der Waals surface area contributed by atoms with Gasteiger partial charge in [0.2, 0.25) is 0 Å². The summed E-state index contributed by atoms with van der Waals surface area (Å²) in [4.78, 5) is 11.8. The molecule has 2 rings (SSSR count). The summed E-state index contributed by atoms with van der Waals surface area (Å²) in [6.07, 6.45) is 0. The van der Waals surface area contributed by atoms with E-state index in [1.165, 1.54) is 14.2 Å². The number of carboxylic acids is 1. The van der Waals surface area contributed by atoms with E-state index >= 15 is 0 Å². The van der Waals surface area contributed by atoms with Gasteiger partial charge in [-0.25, -0.2) is 4.79 Å². The van der Waals surface area contributed by atoms with E-state index in [0.29, 0.717) is 33.5 Å². The minimum absolute atomic E-state index is 0.111. The van der Waals surface area contributed by atoms with Gasteiger partial charge in [-0.2, -0.15) is 0 Å². The van der Waals surface area contributed by atoms with Crippen molar-refractivity contribution >= 4 is 23.3 Å². The fraction of sp³-hybridized carbons (Fsp3) is 0.278. The number of carbonyl (C=O) groups is 1. The summed E-state index contributed by atoms with van der Waals surface area (Å²) < 4.78 is 15.9. The zero-order valence-corrected chi connectivity index (χ0v) is 15.1. The third kappa shape index (κ3) is 4.93. The van der Waals surface area contributed by atoms with Crippen molar-refractivity contribution in [2.45, 2.75) is 6.04 Å². The van der Waals surface area contributed by atoms with E-state index in [9.17, 15) is 9.90 Å². The van der Waals surface area contributed by atoms with Crippen LogP contribution in [0, 0.1) is 0 Å². The highest BCUT2D eigenvalue weighted by Crippen LogP contribution is 2.33. The van der Waals surface area contributed by atoms with Gasteiger partial charge in [0, 0.05) is 34.5 Å². The van der Waals surface area contributed by atoms with Crippen molar-refractivity contribution in [1.29, 1.82) is 0 Å². The molecule has 0 saturated carbocycles. The Morgan fingerprint density at radius 1 is 1.15 bits per heavy atom. The number of hydrogen-bond donors (Lipinski definition) is 3. The molecule has 0 bridgehead atoms. The molecule has 0 aliphatic rings. The summed E-state index contributed by atoms with van der Waals surface area (Å²) in [7, 11) is 2.94. The van der Waals surface area contributed by atoms with Crippen LogP contribution in [0.2, 0.25) is 5.02 Å². The Labute approximate surface area is 156 Å². The maximum absolute atomic E-state index is 11.8. The molecule has 0 aromatic heterocycles. The summed E-state index contributed by atoms with van der Waals surface area (Å²) in [6, 6.07) is 8.56. The fourth-order valence-electron chi connectivity index (χ4n) is 2.38. The predicted octanol–water partition coefficient (Wildman–Crippen LogP) is 2.97. The highest BCUT2D eigenvalue weighted by atomic mass is 35.5. The average molecular weight is 382 g/mol. The maximum Gasteiger partial charge on any atom is 0.330 e. The molecule has 2 aromatic rings. The van der Waals surface area contributed by atoms with E-state index in [1.54, 1.807) is 36.4 Å². The molecule has 1 unspecified atom stereocenters. The topological polar surface area (TPSA) is 97.3 Å². The smallest absolute Gasteiger partial charge is 0.330 e. The van der Waals surface area contributed by atoms with Crippen LogP contribution in [0.1, 0.15) is 11.6 Å². The number of benzene rings is 2. The number of hydrogen-bond acceptors (Lipinski definition) is 6. The highest BCUT2D eigenvalue weighted by Gasteiger charge is 2.24. The van der Waals surface area contributed by atoms with E-state index in [2.05, 4.69) is 5.32 Å². The second-order valence-corrected chi connectivity index (χ2v) is 5.71. The lowest BCUT2D eigenvalue weighted by molar-refractivity contribution is -0.138. The molecule has 8 heteroatoms. The molecule has 1 atom stereocenters. The summed E-state index contributed by atoms with van der Waals surface area (Å²) in [5.74, 6) is 0.187. The quantitative estimate of drug-likeness (QED) is 0.614. The monoisotopic (exact) mass is 381 g/mol. The van der Waals surface area contributed by atoms with Gasteiger partial charge in [0.25, 0.3) is 0 Å². The summed E-state index contributed by atoms with van der Waals surface area (Å²) in [6.45, 7) is -0.0281. The lowest BCUT2D eigenvalue weighted by Crippen LogP contribution is -2.21. The fourth-order valence-corrected chi connectivity index (χ4v) is 2.54. The SMILES string of the molecule is COc1cc(NC(C(=O)O)c2ccc(Cl)cc2OC)cc(OCCO)c1. The normalized spacial score (nSPS) is 11.5. The Morgan fingerprint density at radius 3 is 2.50 bits per heavy atom. The molecule has 0 spiro atoms. The van der Waals surface area contributed by atoms with Crippen molar-refractivity contribution < 1.29 is 29.2 Å².